The quantitative estimate of drug-likeness (QED) is 0.473. The Bertz CT molecular complexity index is 993. The first-order chi connectivity index (χ1) is 12.4. The lowest BCUT2D eigenvalue weighted by molar-refractivity contribution is 0.0956. The van der Waals surface area contributed by atoms with E-state index in [1.165, 1.54) is 19.6 Å². The lowest BCUT2D eigenvalue weighted by atomic mass is 10.1. The Morgan fingerprint density at radius 2 is 2.15 bits per heavy atom. The van der Waals surface area contributed by atoms with E-state index in [1.807, 2.05) is 19.0 Å². The van der Waals surface area contributed by atoms with Gasteiger partial charge in [-0.1, -0.05) is 11.6 Å². The van der Waals surface area contributed by atoms with Crippen molar-refractivity contribution in [1.82, 2.24) is 5.43 Å². The number of nitrogens with one attached hydrogen (secondary N) is 1. The van der Waals surface area contributed by atoms with Gasteiger partial charge in [0, 0.05) is 36.6 Å². The molecule has 0 radical (unpaired) electrons. The molecule has 0 aliphatic carbocycles. The summed E-state index contributed by atoms with van der Waals surface area (Å²) in [4.78, 5) is 14.2. The van der Waals surface area contributed by atoms with Gasteiger partial charge < -0.3 is 18.5 Å². The van der Waals surface area contributed by atoms with E-state index >= 15 is 0 Å². The molecule has 0 saturated heterocycles. The van der Waals surface area contributed by atoms with Gasteiger partial charge in [0.1, 0.15) is 6.26 Å². The number of hydrazone groups is 1. The number of nitrogens with zero attached hydrogens (tertiary/aromatic N) is 2. The largest absolute Gasteiger partial charge is 0.493 e. The lowest BCUT2D eigenvalue weighted by Gasteiger charge is -2.07. The first kappa shape index (κ1) is 18.3. The fourth-order valence-electron chi connectivity index (χ4n) is 2.36. The third kappa shape index (κ3) is 3.56. The molecule has 0 unspecified atom stereocenters. The van der Waals surface area contributed by atoms with Gasteiger partial charge in [0.2, 0.25) is 5.88 Å². The maximum atomic E-state index is 12.4. The summed E-state index contributed by atoms with van der Waals surface area (Å²) in [7, 11) is 5.21. The van der Waals surface area contributed by atoms with Crippen molar-refractivity contribution in [3.63, 3.8) is 0 Å². The Balaban J connectivity index is 1.79. The number of hydrogen-bond donors (Lipinski definition) is 1. The first-order valence-electron chi connectivity index (χ1n) is 7.45. The SMILES string of the molecule is COc1cc(Cl)cc2c(C(=O)N/N=C/c3cc(Br)c(N(C)C)o3)coc12. The number of hydrogen-bond acceptors (Lipinski definition) is 6. The second kappa shape index (κ2) is 7.43. The number of rotatable bonds is 5. The van der Waals surface area contributed by atoms with Crippen LogP contribution < -0.4 is 15.1 Å². The van der Waals surface area contributed by atoms with Crippen LogP contribution in [0.25, 0.3) is 11.0 Å². The molecule has 0 aliphatic heterocycles. The van der Waals surface area contributed by atoms with E-state index in [0.29, 0.717) is 38.9 Å². The summed E-state index contributed by atoms with van der Waals surface area (Å²) in [5.74, 6) is 1.15. The van der Waals surface area contributed by atoms with E-state index in [1.54, 1.807) is 18.2 Å². The van der Waals surface area contributed by atoms with Crippen molar-refractivity contribution in [3.05, 3.63) is 45.3 Å². The van der Waals surface area contributed by atoms with Crippen molar-refractivity contribution in [2.24, 2.45) is 5.10 Å². The number of ether oxygens (including phenoxy) is 1. The van der Waals surface area contributed by atoms with Crippen molar-refractivity contribution in [2.45, 2.75) is 0 Å². The van der Waals surface area contributed by atoms with E-state index in [9.17, 15) is 4.79 Å². The molecule has 0 aliphatic rings. The minimum atomic E-state index is -0.442. The fourth-order valence-corrected chi connectivity index (χ4v) is 3.23. The van der Waals surface area contributed by atoms with Crippen LogP contribution in [0.1, 0.15) is 16.1 Å². The molecule has 1 aromatic carbocycles. The summed E-state index contributed by atoms with van der Waals surface area (Å²) in [5.41, 5.74) is 3.18. The fraction of sp³-hybridized carbons (Fsp3) is 0.176. The molecule has 0 bridgehead atoms. The Kier molecular flexibility index (Phi) is 5.24. The highest BCUT2D eigenvalue weighted by Gasteiger charge is 2.17. The molecule has 7 nitrogen and oxygen atoms in total. The van der Waals surface area contributed by atoms with Crippen LogP contribution in [0.5, 0.6) is 5.75 Å². The van der Waals surface area contributed by atoms with E-state index in [2.05, 4.69) is 26.5 Å². The third-order valence-corrected chi connectivity index (χ3v) is 4.31. The van der Waals surface area contributed by atoms with Crippen LogP contribution in [-0.4, -0.2) is 33.3 Å². The number of furan rings is 2. The number of amides is 1. The van der Waals surface area contributed by atoms with E-state index in [0.717, 1.165) is 4.47 Å². The van der Waals surface area contributed by atoms with Crippen LogP contribution in [0.4, 0.5) is 5.88 Å². The number of benzene rings is 1. The Morgan fingerprint density at radius 1 is 1.38 bits per heavy atom. The number of fused-ring (bicyclic) bond motifs is 1. The number of anilines is 1. The molecular formula is C17H15BrClN3O4. The highest BCUT2D eigenvalue weighted by molar-refractivity contribution is 9.10. The van der Waals surface area contributed by atoms with Gasteiger partial charge in [-0.15, -0.1) is 0 Å². The van der Waals surface area contributed by atoms with E-state index in [4.69, 9.17) is 25.2 Å². The minimum absolute atomic E-state index is 0.299. The topological polar surface area (TPSA) is 80.2 Å². The molecule has 0 atom stereocenters. The lowest BCUT2D eigenvalue weighted by Crippen LogP contribution is -2.17. The standard InChI is InChI=1S/C17H15BrClN3O4/c1-22(2)17-13(18)6-10(26-17)7-20-21-16(23)12-8-25-15-11(12)4-9(19)5-14(15)24-3/h4-8H,1-3H3,(H,21,23)/b20-7+. The summed E-state index contributed by atoms with van der Waals surface area (Å²) in [6, 6.07) is 5.00. The van der Waals surface area contributed by atoms with Crippen LogP contribution in [0, 0.1) is 0 Å². The molecule has 3 rings (SSSR count). The molecule has 2 heterocycles. The average molecular weight is 441 g/mol. The van der Waals surface area contributed by atoms with Crippen LogP contribution in [0.2, 0.25) is 5.02 Å². The molecule has 0 fully saturated rings. The number of methoxy groups -OCH3 is 1. The van der Waals surface area contributed by atoms with Gasteiger partial charge in [-0.3, -0.25) is 4.79 Å². The Morgan fingerprint density at radius 3 is 2.81 bits per heavy atom. The predicted octanol–water partition coefficient (Wildman–Crippen LogP) is 4.28. The average Bonchev–Trinajstić information content (AvgIpc) is 3.17. The summed E-state index contributed by atoms with van der Waals surface area (Å²) in [6.45, 7) is 0. The van der Waals surface area contributed by atoms with Crippen molar-refractivity contribution < 1.29 is 18.4 Å². The smallest absolute Gasteiger partial charge is 0.275 e. The molecule has 0 saturated carbocycles. The molecule has 1 amide bonds. The highest BCUT2D eigenvalue weighted by Crippen LogP contribution is 2.33. The van der Waals surface area contributed by atoms with Gasteiger partial charge in [0.25, 0.3) is 5.91 Å². The molecule has 0 spiro atoms. The third-order valence-electron chi connectivity index (χ3n) is 3.52. The highest BCUT2D eigenvalue weighted by atomic mass is 79.9. The van der Waals surface area contributed by atoms with Gasteiger partial charge in [0.05, 0.1) is 23.4 Å². The van der Waals surface area contributed by atoms with Gasteiger partial charge in [0.15, 0.2) is 17.1 Å². The van der Waals surface area contributed by atoms with Crippen LogP contribution >= 0.6 is 27.5 Å². The zero-order valence-electron chi connectivity index (χ0n) is 14.2. The summed E-state index contributed by atoms with van der Waals surface area (Å²) in [6.07, 6.45) is 2.74. The molecule has 3 aromatic rings. The first-order valence-corrected chi connectivity index (χ1v) is 8.62. The summed E-state index contributed by atoms with van der Waals surface area (Å²) >= 11 is 9.46. The number of carbonyl (C=O) groups is 1. The molecule has 9 heteroatoms. The van der Waals surface area contributed by atoms with Gasteiger partial charge in [-0.05, 0) is 22.0 Å². The van der Waals surface area contributed by atoms with Crippen LogP contribution in [0.3, 0.4) is 0 Å². The Hall–Kier alpha value is -2.45. The molecular weight excluding hydrogens is 426 g/mol. The van der Waals surface area contributed by atoms with Crippen molar-refractivity contribution in [3.8, 4) is 5.75 Å². The molecule has 2 aromatic heterocycles. The Labute approximate surface area is 162 Å². The maximum absolute atomic E-state index is 12.4. The van der Waals surface area contributed by atoms with Gasteiger partial charge in [-0.2, -0.15) is 5.10 Å². The zero-order valence-corrected chi connectivity index (χ0v) is 16.5. The van der Waals surface area contributed by atoms with E-state index < -0.39 is 5.91 Å². The predicted molar refractivity (Wildman–Crippen MR) is 104 cm³/mol. The second-order valence-electron chi connectivity index (χ2n) is 5.53. The van der Waals surface area contributed by atoms with Crippen LogP contribution in [-0.2, 0) is 0 Å². The minimum Gasteiger partial charge on any atom is -0.493 e. The van der Waals surface area contributed by atoms with Crippen LogP contribution in [0.15, 0.2) is 42.9 Å². The van der Waals surface area contributed by atoms with Crippen molar-refractivity contribution >= 4 is 56.5 Å². The number of carbonyl (C=O) groups excluding carboxylic acids is 1. The monoisotopic (exact) mass is 439 g/mol. The summed E-state index contributed by atoms with van der Waals surface area (Å²) in [5, 5.41) is 4.89. The van der Waals surface area contributed by atoms with E-state index in [-0.39, 0.29) is 0 Å². The summed E-state index contributed by atoms with van der Waals surface area (Å²) < 4.78 is 17.0. The van der Waals surface area contributed by atoms with Gasteiger partial charge in [-0.25, -0.2) is 5.43 Å². The number of halogens is 2. The maximum Gasteiger partial charge on any atom is 0.275 e. The normalized spacial score (nSPS) is 11.3. The zero-order chi connectivity index (χ0) is 18.8. The van der Waals surface area contributed by atoms with Gasteiger partial charge >= 0.3 is 0 Å². The molecule has 136 valence electrons. The molecule has 26 heavy (non-hydrogen) atoms. The van der Waals surface area contributed by atoms with Crippen molar-refractivity contribution in [2.75, 3.05) is 26.1 Å². The van der Waals surface area contributed by atoms with Crippen molar-refractivity contribution in [1.29, 1.82) is 0 Å². The molecule has 1 N–H and O–H groups in total. The second-order valence-corrected chi connectivity index (χ2v) is 6.82.